The topological polar surface area (TPSA) is 46.2 Å². The molecule has 2 heterocycles. The highest BCUT2D eigenvalue weighted by Crippen LogP contribution is 2.44. The van der Waals surface area contributed by atoms with E-state index in [9.17, 15) is 0 Å². The molecule has 0 aliphatic carbocycles. The van der Waals surface area contributed by atoms with Crippen LogP contribution in [0.2, 0.25) is 16.6 Å². The van der Waals surface area contributed by atoms with Gasteiger partial charge < -0.3 is 23.4 Å². The first kappa shape index (κ1) is 28.4. The van der Waals surface area contributed by atoms with Gasteiger partial charge in [-0.3, -0.25) is 0 Å². The van der Waals surface area contributed by atoms with Crippen molar-refractivity contribution in [3.63, 3.8) is 0 Å². The largest absolute Gasteiger partial charge is 0.413 e. The van der Waals surface area contributed by atoms with Gasteiger partial charge in [-0.2, -0.15) is 0 Å². The molecule has 2 aliphatic heterocycles. The van der Waals surface area contributed by atoms with Crippen molar-refractivity contribution in [2.75, 3.05) is 6.61 Å². The molecule has 2 aliphatic rings. The van der Waals surface area contributed by atoms with Crippen LogP contribution in [0.3, 0.4) is 0 Å². The number of alkyl halides is 1. The van der Waals surface area contributed by atoms with Crippen molar-refractivity contribution in [1.29, 1.82) is 0 Å². The molecule has 7 heteroatoms. The molecule has 0 radical (unpaired) electrons. The molecule has 0 unspecified atom stereocenters. The predicted molar refractivity (Wildman–Crippen MR) is 145 cm³/mol. The highest BCUT2D eigenvalue weighted by Gasteiger charge is 2.58. The van der Waals surface area contributed by atoms with Crippen molar-refractivity contribution >= 4 is 8.32 Å². The van der Waals surface area contributed by atoms with Gasteiger partial charge in [-0.1, -0.05) is 102 Å². The number of rotatable bonds is 12. The molecule has 0 amide bonds. The standard InChI is InChI=1S/C30H43FO5Si/c1-20(2)37(21(3)4,22(5)6)34-19-25-26-27(32-17-23-13-9-7-10-14-23)28(35-25)29(30(31)36-26)33-18-24-15-11-8-12-16-24/h7-16,20-22,25-30H,17-19H2,1-6H3/t25-,26+,27+,28-,29-,30+/m0/s1. The third-order valence-corrected chi connectivity index (χ3v) is 14.1. The van der Waals surface area contributed by atoms with Crippen LogP contribution in [0.5, 0.6) is 0 Å². The molecule has 204 valence electrons. The highest BCUT2D eigenvalue weighted by atomic mass is 28.4. The zero-order chi connectivity index (χ0) is 26.6. The summed E-state index contributed by atoms with van der Waals surface area (Å²) >= 11 is 0. The van der Waals surface area contributed by atoms with Crippen LogP contribution < -0.4 is 0 Å². The first-order chi connectivity index (χ1) is 17.7. The Bertz CT molecular complexity index is 935. The number of fused-ring (bicyclic) bond motifs is 2. The van der Waals surface area contributed by atoms with Crippen LogP contribution in [0.15, 0.2) is 60.7 Å². The van der Waals surface area contributed by atoms with Gasteiger partial charge in [0.25, 0.3) is 0 Å². The fraction of sp³-hybridized carbons (Fsp3) is 0.600. The van der Waals surface area contributed by atoms with E-state index < -0.39 is 45.2 Å². The zero-order valence-corrected chi connectivity index (χ0v) is 24.0. The second kappa shape index (κ2) is 12.5. The summed E-state index contributed by atoms with van der Waals surface area (Å²) in [6.07, 6.45) is -4.49. The van der Waals surface area contributed by atoms with E-state index in [0.29, 0.717) is 29.8 Å². The maximum Gasteiger partial charge on any atom is 0.228 e. The Morgan fingerprint density at radius 2 is 1.19 bits per heavy atom. The number of halogens is 1. The number of hydrogen-bond acceptors (Lipinski definition) is 5. The fourth-order valence-electron chi connectivity index (χ4n) is 6.32. The van der Waals surface area contributed by atoms with E-state index in [1.807, 2.05) is 60.7 Å². The van der Waals surface area contributed by atoms with Crippen molar-refractivity contribution in [3.8, 4) is 0 Å². The summed E-state index contributed by atoms with van der Waals surface area (Å²) in [5, 5.41) is 0. The maximum atomic E-state index is 15.3. The first-order valence-corrected chi connectivity index (χ1v) is 15.8. The summed E-state index contributed by atoms with van der Waals surface area (Å²) in [5.74, 6) is 0. The molecule has 2 bridgehead atoms. The van der Waals surface area contributed by atoms with E-state index in [-0.39, 0.29) is 6.61 Å². The summed E-state index contributed by atoms with van der Waals surface area (Å²) in [6.45, 7) is 14.6. The molecule has 2 fully saturated rings. The minimum atomic E-state index is -2.13. The summed E-state index contributed by atoms with van der Waals surface area (Å²) in [6, 6.07) is 19.7. The molecule has 37 heavy (non-hydrogen) atoms. The Balaban J connectivity index is 1.52. The highest BCUT2D eigenvalue weighted by molar-refractivity contribution is 6.77. The van der Waals surface area contributed by atoms with Crippen molar-refractivity contribution in [2.24, 2.45) is 0 Å². The molecular formula is C30H43FO5Si. The van der Waals surface area contributed by atoms with E-state index >= 15 is 4.39 Å². The minimum absolute atomic E-state index is 0.274. The monoisotopic (exact) mass is 530 g/mol. The molecule has 5 nitrogen and oxygen atoms in total. The van der Waals surface area contributed by atoms with Crippen LogP contribution in [-0.4, -0.2) is 51.8 Å². The van der Waals surface area contributed by atoms with Gasteiger partial charge in [-0.25, -0.2) is 4.39 Å². The molecule has 0 spiro atoms. The normalized spacial score (nSPS) is 27.9. The molecule has 2 saturated heterocycles. The van der Waals surface area contributed by atoms with Crippen LogP contribution in [0, 0.1) is 0 Å². The zero-order valence-electron chi connectivity index (χ0n) is 23.0. The van der Waals surface area contributed by atoms with Crippen molar-refractivity contribution in [3.05, 3.63) is 71.8 Å². The van der Waals surface area contributed by atoms with Gasteiger partial charge in [0, 0.05) is 0 Å². The molecule has 4 rings (SSSR count). The van der Waals surface area contributed by atoms with Gasteiger partial charge >= 0.3 is 0 Å². The van der Waals surface area contributed by atoms with Crippen LogP contribution in [-0.2, 0) is 36.6 Å². The molecule has 6 atom stereocenters. The molecule has 0 aromatic heterocycles. The van der Waals surface area contributed by atoms with Crippen LogP contribution in [0.25, 0.3) is 0 Å². The van der Waals surface area contributed by atoms with Gasteiger partial charge in [0.05, 0.1) is 19.8 Å². The quantitative estimate of drug-likeness (QED) is 0.282. The van der Waals surface area contributed by atoms with Crippen LogP contribution in [0.4, 0.5) is 4.39 Å². The Hall–Kier alpha value is -1.61. The predicted octanol–water partition coefficient (Wildman–Crippen LogP) is 6.81. The maximum absolute atomic E-state index is 15.3. The van der Waals surface area contributed by atoms with Crippen LogP contribution >= 0.6 is 0 Å². The summed E-state index contributed by atoms with van der Waals surface area (Å²) in [4.78, 5) is 0. The second-order valence-corrected chi connectivity index (χ2v) is 16.7. The number of ether oxygens (including phenoxy) is 4. The van der Waals surface area contributed by atoms with Gasteiger partial charge in [-0.05, 0) is 27.8 Å². The Morgan fingerprint density at radius 1 is 0.703 bits per heavy atom. The third kappa shape index (κ3) is 6.18. The number of hydrogen-bond donors (Lipinski definition) is 0. The lowest BCUT2D eigenvalue weighted by Crippen LogP contribution is -2.54. The van der Waals surface area contributed by atoms with Gasteiger partial charge in [0.1, 0.15) is 30.5 Å². The number of benzene rings is 2. The van der Waals surface area contributed by atoms with Crippen LogP contribution in [0.1, 0.15) is 52.7 Å². The Labute approximate surface area is 222 Å². The molecule has 0 saturated carbocycles. The average Bonchev–Trinajstić information content (AvgIpc) is 3.13. The first-order valence-electron chi connectivity index (χ1n) is 13.6. The van der Waals surface area contributed by atoms with E-state index in [1.165, 1.54) is 0 Å². The van der Waals surface area contributed by atoms with Crippen molar-refractivity contribution in [2.45, 2.75) is 108 Å². The third-order valence-electron chi connectivity index (χ3n) is 7.99. The Kier molecular flexibility index (Phi) is 9.59. The van der Waals surface area contributed by atoms with E-state index in [1.54, 1.807) is 0 Å². The summed E-state index contributed by atoms with van der Waals surface area (Å²) < 4.78 is 47.0. The molecular weight excluding hydrogens is 487 g/mol. The lowest BCUT2D eigenvalue weighted by molar-refractivity contribution is -0.241. The lowest BCUT2D eigenvalue weighted by atomic mass is 9.99. The average molecular weight is 531 g/mol. The molecule has 0 N–H and O–H groups in total. The minimum Gasteiger partial charge on any atom is -0.413 e. The smallest absolute Gasteiger partial charge is 0.228 e. The van der Waals surface area contributed by atoms with Crippen molar-refractivity contribution < 1.29 is 27.8 Å². The van der Waals surface area contributed by atoms with Gasteiger partial charge in [0.2, 0.25) is 6.36 Å². The van der Waals surface area contributed by atoms with Gasteiger partial charge in [0.15, 0.2) is 8.32 Å². The van der Waals surface area contributed by atoms with E-state index in [0.717, 1.165) is 11.1 Å². The summed E-state index contributed by atoms with van der Waals surface area (Å²) in [7, 11) is -2.13. The molecule has 2 aromatic rings. The SMILES string of the molecule is CC(C)[Si](OC[C@@H]1O[C@H]2[C@H](OCc3ccccc3)[C@@H]1O[C@@H](F)[C@H]2OCc1ccccc1)(C(C)C)C(C)C. The Morgan fingerprint density at radius 3 is 1.68 bits per heavy atom. The van der Waals surface area contributed by atoms with Crippen molar-refractivity contribution in [1.82, 2.24) is 0 Å². The van der Waals surface area contributed by atoms with Gasteiger partial charge in [-0.15, -0.1) is 0 Å². The fourth-order valence-corrected chi connectivity index (χ4v) is 11.8. The van der Waals surface area contributed by atoms with E-state index in [4.69, 9.17) is 23.4 Å². The lowest BCUT2D eigenvalue weighted by Gasteiger charge is -2.43. The van der Waals surface area contributed by atoms with E-state index in [2.05, 4.69) is 41.5 Å². The second-order valence-electron chi connectivity index (χ2n) is 11.2. The molecule has 2 aromatic carbocycles. The summed E-state index contributed by atoms with van der Waals surface area (Å²) in [5.41, 5.74) is 3.34.